The van der Waals surface area contributed by atoms with Crippen molar-refractivity contribution in [2.45, 2.75) is 39.3 Å². The molecule has 2 heterocycles. The molecule has 3 aromatic rings. The lowest BCUT2D eigenvalue weighted by Gasteiger charge is -2.30. The third-order valence-electron chi connectivity index (χ3n) is 5.82. The molecule has 0 bridgehead atoms. The summed E-state index contributed by atoms with van der Waals surface area (Å²) >= 11 is 0. The monoisotopic (exact) mass is 422 g/mol. The third kappa shape index (κ3) is 5.35. The van der Waals surface area contributed by atoms with Gasteiger partial charge in [0.25, 0.3) is 0 Å². The van der Waals surface area contributed by atoms with Crippen molar-refractivity contribution >= 4 is 5.91 Å². The predicted octanol–water partition coefficient (Wildman–Crippen LogP) is 4.27. The van der Waals surface area contributed by atoms with E-state index in [0.29, 0.717) is 18.3 Å². The fraction of sp³-hybridized carbons (Fsp3) is 0.375. The minimum Gasteiger partial charge on any atom is -0.349 e. The van der Waals surface area contributed by atoms with Crippen LogP contribution in [0.25, 0.3) is 11.4 Å². The fourth-order valence-corrected chi connectivity index (χ4v) is 3.85. The number of nitrogens with zero attached hydrogens (tertiary/aromatic N) is 3. The highest BCUT2D eigenvalue weighted by atomic mass is 19.1. The Bertz CT molecular complexity index is 1010. The molecule has 1 atom stereocenters. The summed E-state index contributed by atoms with van der Waals surface area (Å²) in [5.41, 5.74) is 3.04. The van der Waals surface area contributed by atoms with E-state index in [4.69, 9.17) is 4.52 Å². The Hall–Kier alpha value is -3.06. The molecule has 1 N–H and O–H groups in total. The molecule has 1 aliphatic rings. The van der Waals surface area contributed by atoms with E-state index < -0.39 is 0 Å². The number of rotatable bonds is 6. The van der Waals surface area contributed by atoms with Gasteiger partial charge in [0.1, 0.15) is 5.82 Å². The van der Waals surface area contributed by atoms with Crippen molar-refractivity contribution in [3.63, 3.8) is 0 Å². The Morgan fingerprint density at radius 3 is 2.52 bits per heavy atom. The van der Waals surface area contributed by atoms with Crippen molar-refractivity contribution in [3.05, 3.63) is 71.4 Å². The van der Waals surface area contributed by atoms with Gasteiger partial charge in [-0.25, -0.2) is 4.39 Å². The van der Waals surface area contributed by atoms with Crippen LogP contribution in [0.2, 0.25) is 0 Å². The van der Waals surface area contributed by atoms with Crippen molar-refractivity contribution in [2.75, 3.05) is 13.1 Å². The van der Waals surface area contributed by atoms with Crippen LogP contribution in [0.5, 0.6) is 0 Å². The number of amides is 1. The molecule has 1 amide bonds. The van der Waals surface area contributed by atoms with Gasteiger partial charge in [0.05, 0.1) is 12.6 Å². The number of benzene rings is 2. The minimum absolute atomic E-state index is 0.00518. The van der Waals surface area contributed by atoms with Gasteiger partial charge in [-0.05, 0) is 69.6 Å². The number of aromatic nitrogens is 2. The predicted molar refractivity (Wildman–Crippen MR) is 115 cm³/mol. The standard InChI is InChI=1S/C24H27FN4O2/c1-16-3-5-18(6-4-16)17(2)26-24(30)20-11-13-29(14-12-20)15-22-27-23(28-31-22)19-7-9-21(25)10-8-19/h3-10,17,20H,11-15H2,1-2H3,(H,26,30). The molecule has 4 rings (SSSR count). The number of likely N-dealkylation sites (tertiary alicyclic amines) is 1. The van der Waals surface area contributed by atoms with Gasteiger partial charge in [0.2, 0.25) is 17.6 Å². The van der Waals surface area contributed by atoms with Crippen molar-refractivity contribution in [1.82, 2.24) is 20.4 Å². The van der Waals surface area contributed by atoms with Crippen LogP contribution in [0.3, 0.4) is 0 Å². The zero-order valence-corrected chi connectivity index (χ0v) is 17.8. The number of hydrogen-bond donors (Lipinski definition) is 1. The van der Waals surface area contributed by atoms with E-state index in [1.54, 1.807) is 12.1 Å². The van der Waals surface area contributed by atoms with Crippen molar-refractivity contribution in [3.8, 4) is 11.4 Å². The second kappa shape index (κ2) is 9.39. The largest absolute Gasteiger partial charge is 0.349 e. The zero-order chi connectivity index (χ0) is 21.8. The first-order chi connectivity index (χ1) is 15.0. The summed E-state index contributed by atoms with van der Waals surface area (Å²) in [6.45, 7) is 6.21. The van der Waals surface area contributed by atoms with Crippen molar-refractivity contribution in [1.29, 1.82) is 0 Å². The number of hydrogen-bond acceptors (Lipinski definition) is 5. The van der Waals surface area contributed by atoms with Gasteiger partial charge in [0.15, 0.2) is 0 Å². The van der Waals surface area contributed by atoms with Gasteiger partial charge in [-0.3, -0.25) is 9.69 Å². The number of carbonyl (C=O) groups is 1. The van der Waals surface area contributed by atoms with E-state index in [9.17, 15) is 9.18 Å². The smallest absolute Gasteiger partial charge is 0.241 e. The van der Waals surface area contributed by atoms with Crippen LogP contribution in [0.1, 0.15) is 42.8 Å². The average molecular weight is 423 g/mol. The van der Waals surface area contributed by atoms with E-state index in [1.807, 2.05) is 6.92 Å². The first-order valence-electron chi connectivity index (χ1n) is 10.7. The van der Waals surface area contributed by atoms with Crippen LogP contribution in [-0.2, 0) is 11.3 Å². The lowest BCUT2D eigenvalue weighted by atomic mass is 9.95. The second-order valence-electron chi connectivity index (χ2n) is 8.21. The van der Waals surface area contributed by atoms with Crippen LogP contribution in [0, 0.1) is 18.7 Å². The lowest BCUT2D eigenvalue weighted by molar-refractivity contribution is -0.127. The molecule has 7 heteroatoms. The molecule has 2 aromatic carbocycles. The Labute approximate surface area is 181 Å². The third-order valence-corrected chi connectivity index (χ3v) is 5.82. The molecule has 1 aliphatic heterocycles. The van der Waals surface area contributed by atoms with Gasteiger partial charge in [0, 0.05) is 11.5 Å². The fourth-order valence-electron chi connectivity index (χ4n) is 3.85. The van der Waals surface area contributed by atoms with Crippen LogP contribution in [0.4, 0.5) is 4.39 Å². The molecule has 6 nitrogen and oxygen atoms in total. The Morgan fingerprint density at radius 2 is 1.84 bits per heavy atom. The number of nitrogens with one attached hydrogen (secondary N) is 1. The Balaban J connectivity index is 1.26. The molecule has 1 fully saturated rings. The summed E-state index contributed by atoms with van der Waals surface area (Å²) in [6.07, 6.45) is 1.59. The molecule has 162 valence electrons. The summed E-state index contributed by atoms with van der Waals surface area (Å²) in [4.78, 5) is 19.3. The highest BCUT2D eigenvalue weighted by Gasteiger charge is 2.27. The molecule has 0 radical (unpaired) electrons. The van der Waals surface area contributed by atoms with Gasteiger partial charge in [-0.2, -0.15) is 4.98 Å². The molecule has 31 heavy (non-hydrogen) atoms. The molecule has 0 aliphatic carbocycles. The summed E-state index contributed by atoms with van der Waals surface area (Å²) in [5, 5.41) is 7.14. The quantitative estimate of drug-likeness (QED) is 0.642. The Morgan fingerprint density at radius 1 is 1.16 bits per heavy atom. The van der Waals surface area contributed by atoms with Crippen LogP contribution < -0.4 is 5.32 Å². The number of halogens is 1. The maximum absolute atomic E-state index is 13.1. The normalized spacial score (nSPS) is 16.2. The van der Waals surface area contributed by atoms with E-state index in [-0.39, 0.29) is 23.7 Å². The van der Waals surface area contributed by atoms with E-state index in [2.05, 4.69) is 51.5 Å². The SMILES string of the molecule is Cc1ccc(C(C)NC(=O)C2CCN(Cc3nc(-c4ccc(F)cc4)no3)CC2)cc1. The zero-order valence-electron chi connectivity index (χ0n) is 17.8. The maximum atomic E-state index is 13.1. The maximum Gasteiger partial charge on any atom is 0.241 e. The van der Waals surface area contributed by atoms with E-state index in [0.717, 1.165) is 37.1 Å². The molecular weight excluding hydrogens is 395 g/mol. The van der Waals surface area contributed by atoms with Gasteiger partial charge >= 0.3 is 0 Å². The molecule has 0 spiro atoms. The summed E-state index contributed by atoms with van der Waals surface area (Å²) in [6, 6.07) is 14.3. The number of carbonyl (C=O) groups excluding carboxylic acids is 1. The highest BCUT2D eigenvalue weighted by molar-refractivity contribution is 5.79. The lowest BCUT2D eigenvalue weighted by Crippen LogP contribution is -2.40. The second-order valence-corrected chi connectivity index (χ2v) is 8.21. The first kappa shape index (κ1) is 21.2. The van der Waals surface area contributed by atoms with Gasteiger partial charge in [-0.15, -0.1) is 0 Å². The van der Waals surface area contributed by atoms with Crippen LogP contribution in [0.15, 0.2) is 53.1 Å². The summed E-state index contributed by atoms with van der Waals surface area (Å²) in [5.74, 6) is 0.808. The minimum atomic E-state index is -0.298. The first-order valence-corrected chi connectivity index (χ1v) is 10.7. The topological polar surface area (TPSA) is 71.3 Å². The van der Waals surface area contributed by atoms with E-state index >= 15 is 0 Å². The average Bonchev–Trinajstić information content (AvgIpc) is 3.23. The number of aryl methyl sites for hydroxylation is 1. The molecule has 1 unspecified atom stereocenters. The summed E-state index contributed by atoms with van der Waals surface area (Å²) in [7, 11) is 0. The molecule has 1 saturated heterocycles. The van der Waals surface area contributed by atoms with E-state index in [1.165, 1.54) is 17.7 Å². The van der Waals surface area contributed by atoms with Crippen molar-refractivity contribution in [2.24, 2.45) is 5.92 Å². The molecule has 1 aromatic heterocycles. The van der Waals surface area contributed by atoms with Crippen LogP contribution >= 0.6 is 0 Å². The highest BCUT2D eigenvalue weighted by Crippen LogP contribution is 2.22. The van der Waals surface area contributed by atoms with Gasteiger partial charge < -0.3 is 9.84 Å². The molecular formula is C24H27FN4O2. The number of piperidine rings is 1. The van der Waals surface area contributed by atoms with Crippen molar-refractivity contribution < 1.29 is 13.7 Å². The molecule has 0 saturated carbocycles. The summed E-state index contributed by atoms with van der Waals surface area (Å²) < 4.78 is 18.4. The van der Waals surface area contributed by atoms with Crippen LogP contribution in [-0.4, -0.2) is 34.0 Å². The van der Waals surface area contributed by atoms with Gasteiger partial charge in [-0.1, -0.05) is 35.0 Å². The Kier molecular flexibility index (Phi) is 6.42.